The lowest BCUT2D eigenvalue weighted by atomic mass is 10.1. The van der Waals surface area contributed by atoms with Crippen LogP contribution in [0.1, 0.15) is 12.0 Å². The smallest absolute Gasteiger partial charge is 0.239 e. The van der Waals surface area contributed by atoms with Crippen molar-refractivity contribution in [3.8, 4) is 0 Å². The highest BCUT2D eigenvalue weighted by Crippen LogP contribution is 2.27. The van der Waals surface area contributed by atoms with Crippen molar-refractivity contribution in [2.24, 2.45) is 0 Å². The zero-order valence-corrected chi connectivity index (χ0v) is 10.2. The summed E-state index contributed by atoms with van der Waals surface area (Å²) in [5.74, 6) is 0.00589. The van der Waals surface area contributed by atoms with Crippen LogP contribution in [-0.2, 0) is 11.4 Å². The Bertz CT molecular complexity index is 423. The van der Waals surface area contributed by atoms with Gasteiger partial charge in [-0.3, -0.25) is 4.79 Å². The zero-order chi connectivity index (χ0) is 12.3. The summed E-state index contributed by atoms with van der Waals surface area (Å²) in [6.07, 6.45) is 0.892. The molecule has 1 aliphatic heterocycles. The molecule has 0 spiro atoms. The Balaban J connectivity index is 2.31. The maximum Gasteiger partial charge on any atom is 0.239 e. The second kappa shape index (κ2) is 5.38. The minimum Gasteiger partial charge on any atom is -0.392 e. The predicted octanol–water partition coefficient (Wildman–Crippen LogP) is 1.16. The molecule has 0 saturated carbocycles. The first kappa shape index (κ1) is 12.2. The number of hydrogen-bond acceptors (Lipinski definition) is 3. The quantitative estimate of drug-likeness (QED) is 0.833. The fourth-order valence-corrected chi connectivity index (χ4v) is 2.24. The molecule has 0 unspecified atom stereocenters. The number of hydrogen-bond donors (Lipinski definition) is 2. The molecule has 1 heterocycles. The highest BCUT2D eigenvalue weighted by Gasteiger charge is 2.18. The summed E-state index contributed by atoms with van der Waals surface area (Å²) >= 11 is 6.04. The number of aliphatic hydroxyl groups excluding tert-OH is 1. The van der Waals surface area contributed by atoms with Gasteiger partial charge in [0.15, 0.2) is 0 Å². The molecule has 4 nitrogen and oxygen atoms in total. The zero-order valence-electron chi connectivity index (χ0n) is 9.45. The maximum atomic E-state index is 11.5. The van der Waals surface area contributed by atoms with Crippen LogP contribution in [0.5, 0.6) is 0 Å². The molecule has 1 aliphatic rings. The minimum absolute atomic E-state index is 0.00589. The van der Waals surface area contributed by atoms with Gasteiger partial charge in [0.1, 0.15) is 0 Å². The molecule has 2 N–H and O–H groups in total. The molecule has 0 bridgehead atoms. The SMILES string of the molecule is O=C1CN(c2cccc(Cl)c2CO)CCCN1. The normalized spacial score (nSPS) is 16.6. The van der Waals surface area contributed by atoms with Crippen LogP contribution in [0.25, 0.3) is 0 Å². The second-order valence-electron chi connectivity index (χ2n) is 4.02. The summed E-state index contributed by atoms with van der Waals surface area (Å²) in [5, 5.41) is 12.7. The number of carbonyl (C=O) groups excluding carboxylic acids is 1. The summed E-state index contributed by atoms with van der Waals surface area (Å²) in [7, 11) is 0. The lowest BCUT2D eigenvalue weighted by Gasteiger charge is -2.24. The van der Waals surface area contributed by atoms with Gasteiger partial charge < -0.3 is 15.3 Å². The number of halogens is 1. The number of amides is 1. The Labute approximate surface area is 105 Å². The average Bonchev–Trinajstić information content (AvgIpc) is 2.53. The number of benzene rings is 1. The average molecular weight is 255 g/mol. The molecule has 0 aliphatic carbocycles. The standard InChI is InChI=1S/C12H15ClN2O2/c13-10-3-1-4-11(9(10)8-16)15-6-2-5-14-12(17)7-15/h1,3-4,16H,2,5-8H2,(H,14,17). The van der Waals surface area contributed by atoms with Crippen molar-refractivity contribution in [2.45, 2.75) is 13.0 Å². The summed E-state index contributed by atoms with van der Waals surface area (Å²) in [6, 6.07) is 5.46. The van der Waals surface area contributed by atoms with Crippen LogP contribution in [0, 0.1) is 0 Å². The fourth-order valence-electron chi connectivity index (χ4n) is 2.01. The van der Waals surface area contributed by atoms with Gasteiger partial charge in [-0.25, -0.2) is 0 Å². The van der Waals surface area contributed by atoms with E-state index in [0.717, 1.165) is 18.7 Å². The van der Waals surface area contributed by atoms with E-state index in [4.69, 9.17) is 11.6 Å². The highest BCUT2D eigenvalue weighted by molar-refractivity contribution is 6.31. The largest absolute Gasteiger partial charge is 0.392 e. The van der Waals surface area contributed by atoms with E-state index in [1.54, 1.807) is 6.07 Å². The van der Waals surface area contributed by atoms with Gasteiger partial charge in [-0.1, -0.05) is 17.7 Å². The van der Waals surface area contributed by atoms with Gasteiger partial charge >= 0.3 is 0 Å². The van der Waals surface area contributed by atoms with Gasteiger partial charge in [-0.05, 0) is 18.6 Å². The van der Waals surface area contributed by atoms with Crippen molar-refractivity contribution in [1.29, 1.82) is 0 Å². The van der Waals surface area contributed by atoms with Crippen molar-refractivity contribution in [3.05, 3.63) is 28.8 Å². The first-order chi connectivity index (χ1) is 8.22. The molecule has 0 aromatic heterocycles. The van der Waals surface area contributed by atoms with Gasteiger partial charge in [-0.15, -0.1) is 0 Å². The van der Waals surface area contributed by atoms with Crippen LogP contribution in [0.15, 0.2) is 18.2 Å². The van der Waals surface area contributed by atoms with Crippen molar-refractivity contribution in [2.75, 3.05) is 24.5 Å². The van der Waals surface area contributed by atoms with E-state index in [-0.39, 0.29) is 12.5 Å². The van der Waals surface area contributed by atoms with Crippen molar-refractivity contribution in [3.63, 3.8) is 0 Å². The fraction of sp³-hybridized carbons (Fsp3) is 0.417. The Hall–Kier alpha value is -1.26. The highest BCUT2D eigenvalue weighted by atomic mass is 35.5. The lowest BCUT2D eigenvalue weighted by Crippen LogP contribution is -2.33. The second-order valence-corrected chi connectivity index (χ2v) is 4.43. The van der Waals surface area contributed by atoms with Crippen LogP contribution >= 0.6 is 11.6 Å². The Morgan fingerprint density at radius 3 is 3.06 bits per heavy atom. The Morgan fingerprint density at radius 1 is 1.47 bits per heavy atom. The van der Waals surface area contributed by atoms with Crippen LogP contribution in [0.4, 0.5) is 5.69 Å². The topological polar surface area (TPSA) is 52.6 Å². The van der Waals surface area contributed by atoms with E-state index < -0.39 is 0 Å². The molecule has 0 atom stereocenters. The van der Waals surface area contributed by atoms with Crippen molar-refractivity contribution in [1.82, 2.24) is 5.32 Å². The summed E-state index contributed by atoms with van der Waals surface area (Å²) in [4.78, 5) is 13.5. The molecule has 1 saturated heterocycles. The third-order valence-corrected chi connectivity index (χ3v) is 3.21. The van der Waals surface area contributed by atoms with Crippen LogP contribution in [-0.4, -0.2) is 30.6 Å². The number of nitrogens with zero attached hydrogens (tertiary/aromatic N) is 1. The van der Waals surface area contributed by atoms with Crippen LogP contribution < -0.4 is 10.2 Å². The van der Waals surface area contributed by atoms with E-state index in [1.165, 1.54) is 0 Å². The molecular formula is C12H15ClN2O2. The predicted molar refractivity (Wildman–Crippen MR) is 67.2 cm³/mol. The van der Waals surface area contributed by atoms with Crippen LogP contribution in [0.3, 0.4) is 0 Å². The number of rotatable bonds is 2. The third-order valence-electron chi connectivity index (χ3n) is 2.85. The number of nitrogens with one attached hydrogen (secondary N) is 1. The third kappa shape index (κ3) is 2.70. The van der Waals surface area contributed by atoms with Gasteiger partial charge in [0.05, 0.1) is 13.2 Å². The summed E-state index contributed by atoms with van der Waals surface area (Å²) < 4.78 is 0. The first-order valence-corrected chi connectivity index (χ1v) is 6.00. The monoisotopic (exact) mass is 254 g/mol. The first-order valence-electron chi connectivity index (χ1n) is 5.62. The molecule has 0 radical (unpaired) electrons. The Morgan fingerprint density at radius 2 is 2.29 bits per heavy atom. The molecule has 1 aromatic carbocycles. The maximum absolute atomic E-state index is 11.5. The van der Waals surface area contributed by atoms with E-state index in [9.17, 15) is 9.90 Å². The molecule has 1 amide bonds. The van der Waals surface area contributed by atoms with E-state index >= 15 is 0 Å². The molecular weight excluding hydrogens is 240 g/mol. The molecule has 92 valence electrons. The van der Waals surface area contributed by atoms with Gasteiger partial charge in [0.25, 0.3) is 0 Å². The summed E-state index contributed by atoms with van der Waals surface area (Å²) in [6.45, 7) is 1.68. The minimum atomic E-state index is -0.118. The summed E-state index contributed by atoms with van der Waals surface area (Å²) in [5.41, 5.74) is 1.53. The number of carbonyl (C=O) groups is 1. The number of aliphatic hydroxyl groups is 1. The van der Waals surface area contributed by atoms with Gasteiger partial charge in [0.2, 0.25) is 5.91 Å². The van der Waals surface area contributed by atoms with Crippen molar-refractivity contribution >= 4 is 23.2 Å². The molecule has 17 heavy (non-hydrogen) atoms. The molecule has 1 fully saturated rings. The van der Waals surface area contributed by atoms with Gasteiger partial charge in [-0.2, -0.15) is 0 Å². The van der Waals surface area contributed by atoms with E-state index in [2.05, 4.69) is 5.32 Å². The van der Waals surface area contributed by atoms with E-state index in [1.807, 2.05) is 17.0 Å². The molecule has 2 rings (SSSR count). The van der Waals surface area contributed by atoms with Crippen LogP contribution in [0.2, 0.25) is 5.02 Å². The number of anilines is 1. The molecule has 5 heteroatoms. The molecule has 1 aromatic rings. The van der Waals surface area contributed by atoms with E-state index in [0.29, 0.717) is 23.7 Å². The van der Waals surface area contributed by atoms with Gasteiger partial charge in [0, 0.05) is 29.4 Å². The van der Waals surface area contributed by atoms with Crippen molar-refractivity contribution < 1.29 is 9.90 Å². The lowest BCUT2D eigenvalue weighted by molar-refractivity contribution is -0.119. The Kier molecular flexibility index (Phi) is 3.86.